The van der Waals surface area contributed by atoms with E-state index in [0.29, 0.717) is 6.54 Å². The van der Waals surface area contributed by atoms with Crippen LogP contribution in [0.15, 0.2) is 48.5 Å². The molecule has 5 heteroatoms. The lowest BCUT2D eigenvalue weighted by atomic mass is 10.1. The van der Waals surface area contributed by atoms with Gasteiger partial charge in [0.25, 0.3) is 0 Å². The van der Waals surface area contributed by atoms with Crippen LogP contribution in [0.5, 0.6) is 11.5 Å². The minimum absolute atomic E-state index is 0.698. The molecule has 0 bridgehead atoms. The minimum atomic E-state index is 0.698. The first-order valence-electron chi connectivity index (χ1n) is 9.10. The molecule has 0 spiro atoms. The number of ether oxygens (including phenoxy) is 2. The van der Waals surface area contributed by atoms with Gasteiger partial charge in [-0.15, -0.1) is 0 Å². The SMILES string of the molecule is COc1ccc(OC)c(CNCc2c(C)nn(Cc3ccccc3)c2C)c1. The van der Waals surface area contributed by atoms with Gasteiger partial charge in [-0.3, -0.25) is 4.68 Å². The monoisotopic (exact) mass is 365 g/mol. The van der Waals surface area contributed by atoms with Crippen molar-refractivity contribution in [2.75, 3.05) is 14.2 Å². The second-order valence-electron chi connectivity index (χ2n) is 6.57. The highest BCUT2D eigenvalue weighted by atomic mass is 16.5. The first-order chi connectivity index (χ1) is 13.1. The predicted octanol–water partition coefficient (Wildman–Crippen LogP) is 3.86. The molecule has 0 aliphatic heterocycles. The van der Waals surface area contributed by atoms with Crippen LogP contribution in [-0.2, 0) is 19.6 Å². The number of nitrogens with zero attached hydrogens (tertiary/aromatic N) is 2. The van der Waals surface area contributed by atoms with Crippen molar-refractivity contribution in [1.29, 1.82) is 0 Å². The molecule has 27 heavy (non-hydrogen) atoms. The van der Waals surface area contributed by atoms with Gasteiger partial charge >= 0.3 is 0 Å². The zero-order valence-electron chi connectivity index (χ0n) is 16.5. The number of benzene rings is 2. The summed E-state index contributed by atoms with van der Waals surface area (Å²) < 4.78 is 12.9. The van der Waals surface area contributed by atoms with E-state index in [2.05, 4.69) is 48.1 Å². The Kier molecular flexibility index (Phi) is 6.14. The van der Waals surface area contributed by atoms with Crippen LogP contribution in [0, 0.1) is 13.8 Å². The summed E-state index contributed by atoms with van der Waals surface area (Å²) in [6.45, 7) is 6.44. The van der Waals surface area contributed by atoms with Crippen molar-refractivity contribution < 1.29 is 9.47 Å². The average Bonchev–Trinajstić information content (AvgIpc) is 2.96. The summed E-state index contributed by atoms with van der Waals surface area (Å²) >= 11 is 0. The van der Waals surface area contributed by atoms with Crippen LogP contribution < -0.4 is 14.8 Å². The van der Waals surface area contributed by atoms with Gasteiger partial charge in [0.15, 0.2) is 0 Å². The van der Waals surface area contributed by atoms with Gasteiger partial charge in [-0.2, -0.15) is 5.10 Å². The van der Waals surface area contributed by atoms with Crippen LogP contribution in [0.2, 0.25) is 0 Å². The second-order valence-corrected chi connectivity index (χ2v) is 6.57. The molecule has 1 heterocycles. The number of aromatic nitrogens is 2. The largest absolute Gasteiger partial charge is 0.497 e. The average molecular weight is 365 g/mol. The van der Waals surface area contributed by atoms with Crippen LogP contribution in [0.1, 0.15) is 28.1 Å². The fourth-order valence-electron chi connectivity index (χ4n) is 3.24. The highest BCUT2D eigenvalue weighted by molar-refractivity contribution is 5.40. The Bertz CT molecular complexity index is 888. The smallest absolute Gasteiger partial charge is 0.123 e. The van der Waals surface area contributed by atoms with Crippen LogP contribution in [0.3, 0.4) is 0 Å². The van der Waals surface area contributed by atoms with Crippen molar-refractivity contribution in [2.45, 2.75) is 33.5 Å². The zero-order chi connectivity index (χ0) is 19.2. The third-order valence-electron chi connectivity index (χ3n) is 4.81. The topological polar surface area (TPSA) is 48.3 Å². The quantitative estimate of drug-likeness (QED) is 0.659. The molecule has 0 saturated heterocycles. The van der Waals surface area contributed by atoms with Gasteiger partial charge in [0.2, 0.25) is 0 Å². The van der Waals surface area contributed by atoms with E-state index < -0.39 is 0 Å². The summed E-state index contributed by atoms with van der Waals surface area (Å²) in [7, 11) is 3.36. The Labute approximate surface area is 160 Å². The summed E-state index contributed by atoms with van der Waals surface area (Å²) in [6.07, 6.45) is 0. The maximum absolute atomic E-state index is 5.45. The molecule has 3 aromatic rings. The highest BCUT2D eigenvalue weighted by Crippen LogP contribution is 2.24. The molecule has 0 atom stereocenters. The number of rotatable bonds is 8. The Hall–Kier alpha value is -2.79. The van der Waals surface area contributed by atoms with E-state index in [-0.39, 0.29) is 0 Å². The molecule has 0 saturated carbocycles. The van der Waals surface area contributed by atoms with E-state index in [4.69, 9.17) is 14.6 Å². The molecule has 0 fully saturated rings. The molecule has 1 N–H and O–H groups in total. The summed E-state index contributed by atoms with van der Waals surface area (Å²) in [6, 6.07) is 16.3. The highest BCUT2D eigenvalue weighted by Gasteiger charge is 2.12. The van der Waals surface area contributed by atoms with Crippen molar-refractivity contribution in [3.8, 4) is 11.5 Å². The Morgan fingerprint density at radius 3 is 2.44 bits per heavy atom. The van der Waals surface area contributed by atoms with Crippen molar-refractivity contribution in [2.24, 2.45) is 0 Å². The number of nitrogens with one attached hydrogen (secondary N) is 1. The maximum Gasteiger partial charge on any atom is 0.123 e. The molecule has 0 aliphatic carbocycles. The lowest BCUT2D eigenvalue weighted by Gasteiger charge is -2.12. The van der Waals surface area contributed by atoms with E-state index in [1.165, 1.54) is 16.8 Å². The van der Waals surface area contributed by atoms with Crippen molar-refractivity contribution >= 4 is 0 Å². The minimum Gasteiger partial charge on any atom is -0.497 e. The Balaban J connectivity index is 1.68. The molecule has 0 aliphatic rings. The first kappa shape index (κ1) is 19.0. The van der Waals surface area contributed by atoms with Crippen LogP contribution in [0.4, 0.5) is 0 Å². The molecule has 0 unspecified atom stereocenters. The molecule has 142 valence electrons. The van der Waals surface area contributed by atoms with Gasteiger partial charge in [-0.1, -0.05) is 30.3 Å². The molecule has 5 nitrogen and oxygen atoms in total. The normalized spacial score (nSPS) is 10.8. The number of hydrogen-bond donors (Lipinski definition) is 1. The summed E-state index contributed by atoms with van der Waals surface area (Å²) in [4.78, 5) is 0. The second kappa shape index (κ2) is 8.73. The van der Waals surface area contributed by atoms with Crippen molar-refractivity contribution in [3.05, 3.63) is 76.6 Å². The van der Waals surface area contributed by atoms with Crippen LogP contribution in [-0.4, -0.2) is 24.0 Å². The van der Waals surface area contributed by atoms with E-state index in [9.17, 15) is 0 Å². The Morgan fingerprint density at radius 1 is 0.963 bits per heavy atom. The third-order valence-corrected chi connectivity index (χ3v) is 4.81. The number of methoxy groups -OCH3 is 2. The lowest BCUT2D eigenvalue weighted by Crippen LogP contribution is -2.15. The molecule has 0 radical (unpaired) electrons. The maximum atomic E-state index is 5.45. The van der Waals surface area contributed by atoms with Gasteiger partial charge in [-0.25, -0.2) is 0 Å². The Morgan fingerprint density at radius 2 is 1.74 bits per heavy atom. The molecule has 2 aromatic carbocycles. The predicted molar refractivity (Wildman–Crippen MR) is 107 cm³/mol. The number of aryl methyl sites for hydroxylation is 1. The van der Waals surface area contributed by atoms with E-state index in [1.807, 2.05) is 24.3 Å². The van der Waals surface area contributed by atoms with E-state index in [1.54, 1.807) is 14.2 Å². The van der Waals surface area contributed by atoms with Crippen molar-refractivity contribution in [1.82, 2.24) is 15.1 Å². The van der Waals surface area contributed by atoms with Crippen LogP contribution >= 0.6 is 0 Å². The number of hydrogen-bond acceptors (Lipinski definition) is 4. The van der Waals surface area contributed by atoms with E-state index in [0.717, 1.165) is 35.8 Å². The molecular formula is C22H27N3O2. The zero-order valence-corrected chi connectivity index (χ0v) is 16.5. The van der Waals surface area contributed by atoms with Gasteiger partial charge in [0, 0.05) is 29.9 Å². The van der Waals surface area contributed by atoms with Gasteiger partial charge in [0.1, 0.15) is 11.5 Å². The summed E-state index contributed by atoms with van der Waals surface area (Å²) in [5, 5.41) is 8.24. The third kappa shape index (κ3) is 4.49. The van der Waals surface area contributed by atoms with Crippen molar-refractivity contribution in [3.63, 3.8) is 0 Å². The van der Waals surface area contributed by atoms with Gasteiger partial charge in [-0.05, 0) is 37.6 Å². The van der Waals surface area contributed by atoms with Crippen LogP contribution in [0.25, 0.3) is 0 Å². The fourth-order valence-corrected chi connectivity index (χ4v) is 3.24. The lowest BCUT2D eigenvalue weighted by molar-refractivity contribution is 0.397. The standard InChI is InChI=1S/C22H27N3O2/c1-16-21(17(2)25(24-16)15-18-8-6-5-7-9-18)14-23-13-19-12-20(26-3)10-11-22(19)27-4/h5-12,23H,13-15H2,1-4H3. The first-order valence-corrected chi connectivity index (χ1v) is 9.10. The van der Waals surface area contributed by atoms with Gasteiger partial charge in [0.05, 0.1) is 26.5 Å². The van der Waals surface area contributed by atoms with Gasteiger partial charge < -0.3 is 14.8 Å². The van der Waals surface area contributed by atoms with E-state index >= 15 is 0 Å². The fraction of sp³-hybridized carbons (Fsp3) is 0.318. The molecule has 1 aromatic heterocycles. The molecule has 0 amide bonds. The summed E-state index contributed by atoms with van der Waals surface area (Å²) in [5.74, 6) is 1.69. The molecular weight excluding hydrogens is 338 g/mol. The molecule has 3 rings (SSSR count). The summed E-state index contributed by atoms with van der Waals surface area (Å²) in [5.41, 5.74) is 5.83.